The Bertz CT molecular complexity index is 670. The SMILES string of the molecule is CCC(Oc1ccccc1C(C)CC)C(=O)Nc1ccc(Br)cc1. The Morgan fingerprint density at radius 2 is 1.75 bits per heavy atom. The maximum atomic E-state index is 12.5. The third kappa shape index (κ3) is 4.84. The van der Waals surface area contributed by atoms with Crippen LogP contribution in [0.5, 0.6) is 5.75 Å². The minimum Gasteiger partial charge on any atom is -0.480 e. The number of para-hydroxylation sites is 1. The molecule has 24 heavy (non-hydrogen) atoms. The van der Waals surface area contributed by atoms with Crippen LogP contribution in [0.2, 0.25) is 0 Å². The predicted octanol–water partition coefficient (Wildman–Crippen LogP) is 5.76. The second-order valence-corrected chi connectivity index (χ2v) is 6.77. The highest BCUT2D eigenvalue weighted by atomic mass is 79.9. The van der Waals surface area contributed by atoms with Gasteiger partial charge < -0.3 is 10.1 Å². The summed E-state index contributed by atoms with van der Waals surface area (Å²) in [5, 5.41) is 2.92. The van der Waals surface area contributed by atoms with E-state index in [1.807, 2.05) is 49.4 Å². The maximum absolute atomic E-state index is 12.5. The number of carbonyl (C=O) groups excluding carboxylic acids is 1. The number of rotatable bonds is 7. The molecule has 2 aromatic rings. The van der Waals surface area contributed by atoms with Crippen LogP contribution in [0.1, 0.15) is 45.1 Å². The van der Waals surface area contributed by atoms with Crippen molar-refractivity contribution in [2.75, 3.05) is 5.32 Å². The van der Waals surface area contributed by atoms with Crippen LogP contribution in [-0.4, -0.2) is 12.0 Å². The van der Waals surface area contributed by atoms with Crippen LogP contribution in [0.15, 0.2) is 53.0 Å². The molecule has 0 radical (unpaired) electrons. The minimum absolute atomic E-state index is 0.126. The number of ether oxygens (including phenoxy) is 1. The Balaban J connectivity index is 2.11. The first-order valence-corrected chi connectivity index (χ1v) is 9.16. The highest BCUT2D eigenvalue weighted by Gasteiger charge is 2.20. The lowest BCUT2D eigenvalue weighted by atomic mass is 9.98. The molecule has 2 unspecified atom stereocenters. The van der Waals surface area contributed by atoms with Gasteiger partial charge in [0, 0.05) is 10.2 Å². The Labute approximate surface area is 152 Å². The largest absolute Gasteiger partial charge is 0.480 e. The Kier molecular flexibility index (Phi) is 6.85. The fraction of sp³-hybridized carbons (Fsp3) is 0.350. The molecular formula is C20H24BrNO2. The number of carbonyl (C=O) groups is 1. The molecule has 2 aromatic carbocycles. The number of hydrogen-bond acceptors (Lipinski definition) is 2. The van der Waals surface area contributed by atoms with E-state index >= 15 is 0 Å². The number of amides is 1. The minimum atomic E-state index is -0.515. The summed E-state index contributed by atoms with van der Waals surface area (Å²) >= 11 is 3.39. The van der Waals surface area contributed by atoms with E-state index in [9.17, 15) is 4.79 Å². The van der Waals surface area contributed by atoms with E-state index in [0.29, 0.717) is 12.3 Å². The van der Waals surface area contributed by atoms with Gasteiger partial charge in [-0.1, -0.05) is 54.9 Å². The van der Waals surface area contributed by atoms with Gasteiger partial charge in [-0.3, -0.25) is 4.79 Å². The van der Waals surface area contributed by atoms with Gasteiger partial charge in [-0.15, -0.1) is 0 Å². The van der Waals surface area contributed by atoms with Crippen molar-refractivity contribution in [3.05, 3.63) is 58.6 Å². The van der Waals surface area contributed by atoms with Gasteiger partial charge >= 0.3 is 0 Å². The van der Waals surface area contributed by atoms with Crippen molar-refractivity contribution in [3.63, 3.8) is 0 Å². The van der Waals surface area contributed by atoms with Gasteiger partial charge in [0.25, 0.3) is 5.91 Å². The lowest BCUT2D eigenvalue weighted by Gasteiger charge is -2.21. The summed E-state index contributed by atoms with van der Waals surface area (Å²) in [5.41, 5.74) is 1.91. The standard InChI is InChI=1S/C20H24BrNO2/c1-4-14(3)17-8-6-7-9-19(17)24-18(5-2)20(23)22-16-12-10-15(21)11-13-16/h6-14,18H,4-5H2,1-3H3,(H,22,23). The molecule has 0 spiro atoms. The average Bonchev–Trinajstić information content (AvgIpc) is 2.61. The van der Waals surface area contributed by atoms with Crippen LogP contribution in [0.25, 0.3) is 0 Å². The predicted molar refractivity (Wildman–Crippen MR) is 103 cm³/mol. The molecule has 2 rings (SSSR count). The molecule has 4 heteroatoms. The molecule has 0 bridgehead atoms. The van der Waals surface area contributed by atoms with Crippen LogP contribution in [0.4, 0.5) is 5.69 Å². The molecule has 2 atom stereocenters. The van der Waals surface area contributed by atoms with E-state index in [1.165, 1.54) is 0 Å². The summed E-state index contributed by atoms with van der Waals surface area (Å²) in [7, 11) is 0. The van der Waals surface area contributed by atoms with E-state index in [0.717, 1.165) is 27.9 Å². The van der Waals surface area contributed by atoms with Crippen molar-refractivity contribution >= 4 is 27.5 Å². The molecule has 1 N–H and O–H groups in total. The molecular weight excluding hydrogens is 366 g/mol. The summed E-state index contributed by atoms with van der Waals surface area (Å²) in [6.07, 6.45) is 1.12. The Hall–Kier alpha value is -1.81. The van der Waals surface area contributed by atoms with Crippen LogP contribution in [0, 0.1) is 0 Å². The molecule has 0 aliphatic rings. The normalized spacial score (nSPS) is 13.2. The van der Waals surface area contributed by atoms with Gasteiger partial charge in [0.15, 0.2) is 6.10 Å². The fourth-order valence-electron chi connectivity index (χ4n) is 2.45. The van der Waals surface area contributed by atoms with Crippen LogP contribution in [0.3, 0.4) is 0 Å². The lowest BCUT2D eigenvalue weighted by molar-refractivity contribution is -0.122. The lowest BCUT2D eigenvalue weighted by Crippen LogP contribution is -2.32. The van der Waals surface area contributed by atoms with Gasteiger partial charge in [0.05, 0.1) is 0 Å². The van der Waals surface area contributed by atoms with Crippen LogP contribution >= 0.6 is 15.9 Å². The van der Waals surface area contributed by atoms with E-state index in [1.54, 1.807) is 0 Å². The summed E-state index contributed by atoms with van der Waals surface area (Å²) < 4.78 is 7.03. The number of nitrogens with one attached hydrogen (secondary N) is 1. The van der Waals surface area contributed by atoms with Crippen molar-refractivity contribution in [1.29, 1.82) is 0 Å². The molecule has 0 saturated heterocycles. The zero-order chi connectivity index (χ0) is 17.5. The summed E-state index contributed by atoms with van der Waals surface area (Å²) in [6, 6.07) is 15.5. The molecule has 0 fully saturated rings. The molecule has 0 aliphatic carbocycles. The monoisotopic (exact) mass is 389 g/mol. The first-order valence-electron chi connectivity index (χ1n) is 8.37. The Morgan fingerprint density at radius 3 is 2.38 bits per heavy atom. The second-order valence-electron chi connectivity index (χ2n) is 5.86. The van der Waals surface area contributed by atoms with Gasteiger partial charge in [-0.2, -0.15) is 0 Å². The zero-order valence-electron chi connectivity index (χ0n) is 14.4. The smallest absolute Gasteiger partial charge is 0.265 e. The Morgan fingerprint density at radius 1 is 1.08 bits per heavy atom. The molecule has 0 aliphatic heterocycles. The van der Waals surface area contributed by atoms with Gasteiger partial charge in [-0.05, 0) is 54.7 Å². The quantitative estimate of drug-likeness (QED) is 0.653. The molecule has 0 aromatic heterocycles. The highest BCUT2D eigenvalue weighted by Crippen LogP contribution is 2.29. The summed E-state index contributed by atoms with van der Waals surface area (Å²) in [6.45, 7) is 6.28. The van der Waals surface area contributed by atoms with E-state index in [-0.39, 0.29) is 5.91 Å². The van der Waals surface area contributed by atoms with Gasteiger partial charge in [-0.25, -0.2) is 0 Å². The van der Waals surface area contributed by atoms with Crippen LogP contribution in [-0.2, 0) is 4.79 Å². The number of hydrogen-bond donors (Lipinski definition) is 1. The molecule has 1 amide bonds. The third-order valence-corrected chi connectivity index (χ3v) is 4.64. The first-order chi connectivity index (χ1) is 11.5. The molecule has 128 valence electrons. The summed E-state index contributed by atoms with van der Waals surface area (Å²) in [4.78, 5) is 12.5. The first kappa shape index (κ1) is 18.5. The van der Waals surface area contributed by atoms with Crippen molar-refractivity contribution < 1.29 is 9.53 Å². The molecule has 0 saturated carbocycles. The van der Waals surface area contributed by atoms with Gasteiger partial charge in [0.1, 0.15) is 5.75 Å². The van der Waals surface area contributed by atoms with Crippen molar-refractivity contribution in [3.8, 4) is 5.75 Å². The van der Waals surface area contributed by atoms with Crippen molar-refractivity contribution in [2.24, 2.45) is 0 Å². The van der Waals surface area contributed by atoms with E-state index in [2.05, 4.69) is 41.2 Å². The zero-order valence-corrected chi connectivity index (χ0v) is 16.0. The number of halogens is 1. The molecule has 3 nitrogen and oxygen atoms in total. The molecule has 0 heterocycles. The van der Waals surface area contributed by atoms with Gasteiger partial charge in [0.2, 0.25) is 0 Å². The van der Waals surface area contributed by atoms with Crippen molar-refractivity contribution in [2.45, 2.75) is 45.6 Å². The summed E-state index contributed by atoms with van der Waals surface area (Å²) in [5.74, 6) is 1.07. The number of benzene rings is 2. The average molecular weight is 390 g/mol. The van der Waals surface area contributed by atoms with E-state index < -0.39 is 6.10 Å². The van der Waals surface area contributed by atoms with E-state index in [4.69, 9.17) is 4.74 Å². The fourth-order valence-corrected chi connectivity index (χ4v) is 2.71. The number of anilines is 1. The topological polar surface area (TPSA) is 38.3 Å². The maximum Gasteiger partial charge on any atom is 0.265 e. The van der Waals surface area contributed by atoms with Crippen molar-refractivity contribution in [1.82, 2.24) is 0 Å². The highest BCUT2D eigenvalue weighted by molar-refractivity contribution is 9.10. The second kappa shape index (κ2) is 8.88. The third-order valence-electron chi connectivity index (χ3n) is 4.11. The van der Waals surface area contributed by atoms with Crippen LogP contribution < -0.4 is 10.1 Å².